The van der Waals surface area contributed by atoms with E-state index < -0.39 is 0 Å². The molecule has 142 valence electrons. The number of aromatic nitrogens is 4. The summed E-state index contributed by atoms with van der Waals surface area (Å²) in [6.07, 6.45) is 0. The second-order valence-electron chi connectivity index (χ2n) is 6.06. The van der Waals surface area contributed by atoms with Gasteiger partial charge in [-0.05, 0) is 49.8 Å². The molecule has 28 heavy (non-hydrogen) atoms. The van der Waals surface area contributed by atoms with Crippen molar-refractivity contribution in [3.63, 3.8) is 0 Å². The Kier molecular flexibility index (Phi) is 5.38. The molecule has 0 aliphatic heterocycles. The molecule has 0 saturated carbocycles. The van der Waals surface area contributed by atoms with Crippen molar-refractivity contribution in [3.05, 3.63) is 69.8 Å². The average molecular weight is 431 g/mol. The van der Waals surface area contributed by atoms with Gasteiger partial charge in [-0.15, -0.1) is 5.10 Å². The Balaban J connectivity index is 1.53. The lowest BCUT2D eigenvalue weighted by Crippen LogP contribution is -1.96. The highest BCUT2D eigenvalue weighted by Gasteiger charge is 2.19. The first kappa shape index (κ1) is 19.0. The molecule has 0 bridgehead atoms. The van der Waals surface area contributed by atoms with Crippen LogP contribution in [-0.2, 0) is 0 Å². The molecule has 2 aromatic heterocycles. The maximum absolute atomic E-state index is 13.8. The minimum atomic E-state index is -0.294. The van der Waals surface area contributed by atoms with E-state index in [1.165, 1.54) is 29.2 Å². The Morgan fingerprint density at radius 1 is 1.21 bits per heavy atom. The second-order valence-corrected chi connectivity index (χ2v) is 9.27. The summed E-state index contributed by atoms with van der Waals surface area (Å²) in [6.45, 7) is 3.66. The molecule has 2 aromatic carbocycles. The molecule has 0 N–H and O–H groups in total. The van der Waals surface area contributed by atoms with Crippen molar-refractivity contribution >= 4 is 35.3 Å². The van der Waals surface area contributed by atoms with Gasteiger partial charge < -0.3 is 4.52 Å². The van der Waals surface area contributed by atoms with Gasteiger partial charge in [0.15, 0.2) is 8.29 Å². The summed E-state index contributed by atoms with van der Waals surface area (Å²) in [7, 11) is 0. The van der Waals surface area contributed by atoms with Crippen molar-refractivity contribution in [3.8, 4) is 17.1 Å². The number of hydrogen-bond donors (Lipinski definition) is 0. The van der Waals surface area contributed by atoms with Crippen LogP contribution < -0.4 is 0 Å². The fraction of sp³-hybridized carbons (Fsp3) is 0.158. The molecule has 0 aliphatic carbocycles. The summed E-state index contributed by atoms with van der Waals surface area (Å²) in [4.78, 5) is 4.41. The second kappa shape index (κ2) is 7.94. The van der Waals surface area contributed by atoms with Gasteiger partial charge in [-0.3, -0.25) is 0 Å². The van der Waals surface area contributed by atoms with E-state index in [1.54, 1.807) is 23.7 Å². The standard InChI is InChI=1S/C19H15FN4OS3/c1-11-8-9-13(10-15(11)20)16-21-17(25-23-16)12(2)27-18-22-24(19(26)28-18)14-6-4-3-5-7-14/h3-10,12H,1-2H3. The predicted octanol–water partition coefficient (Wildman–Crippen LogP) is 6.01. The summed E-state index contributed by atoms with van der Waals surface area (Å²) < 4.78 is 22.4. The molecule has 1 atom stereocenters. The van der Waals surface area contributed by atoms with Gasteiger partial charge in [0.05, 0.1) is 10.9 Å². The van der Waals surface area contributed by atoms with Crippen LogP contribution >= 0.6 is 35.3 Å². The van der Waals surface area contributed by atoms with E-state index in [0.717, 1.165) is 10.0 Å². The smallest absolute Gasteiger partial charge is 0.240 e. The van der Waals surface area contributed by atoms with Crippen LogP contribution in [-0.4, -0.2) is 19.9 Å². The van der Waals surface area contributed by atoms with Crippen molar-refractivity contribution in [2.24, 2.45) is 0 Å². The molecule has 9 heteroatoms. The third kappa shape index (κ3) is 3.91. The first-order chi connectivity index (χ1) is 13.5. The van der Waals surface area contributed by atoms with Crippen molar-refractivity contribution in [1.82, 2.24) is 19.9 Å². The van der Waals surface area contributed by atoms with Gasteiger partial charge in [-0.2, -0.15) is 4.98 Å². The van der Waals surface area contributed by atoms with E-state index in [4.69, 9.17) is 16.7 Å². The maximum atomic E-state index is 13.8. The Morgan fingerprint density at radius 2 is 2.00 bits per heavy atom. The Hall–Kier alpha value is -2.36. The molecule has 0 fully saturated rings. The molecule has 0 radical (unpaired) electrons. The molecular weight excluding hydrogens is 415 g/mol. The van der Waals surface area contributed by atoms with Gasteiger partial charge in [0.1, 0.15) is 5.82 Å². The fourth-order valence-electron chi connectivity index (χ4n) is 2.49. The summed E-state index contributed by atoms with van der Waals surface area (Å²) in [6, 6.07) is 14.6. The van der Waals surface area contributed by atoms with Gasteiger partial charge in [-0.1, -0.05) is 58.6 Å². The maximum Gasteiger partial charge on any atom is 0.240 e. The van der Waals surface area contributed by atoms with E-state index in [2.05, 4.69) is 15.2 Å². The van der Waals surface area contributed by atoms with Gasteiger partial charge in [0.2, 0.25) is 11.7 Å². The van der Waals surface area contributed by atoms with Crippen LogP contribution in [0.25, 0.3) is 17.1 Å². The third-order valence-electron chi connectivity index (χ3n) is 4.03. The van der Waals surface area contributed by atoms with E-state index in [9.17, 15) is 4.39 Å². The van der Waals surface area contributed by atoms with Crippen LogP contribution in [0.4, 0.5) is 4.39 Å². The highest BCUT2D eigenvalue weighted by atomic mass is 32.2. The predicted molar refractivity (Wildman–Crippen MR) is 111 cm³/mol. The van der Waals surface area contributed by atoms with E-state index in [-0.39, 0.29) is 11.1 Å². The SMILES string of the molecule is Cc1ccc(-c2noc(C(C)Sc3nn(-c4ccccc4)c(=S)s3)n2)cc1F. The third-order valence-corrected chi connectivity index (χ3v) is 6.43. The van der Waals surface area contributed by atoms with Gasteiger partial charge in [0.25, 0.3) is 0 Å². The summed E-state index contributed by atoms with van der Waals surface area (Å²) in [5.41, 5.74) is 2.08. The van der Waals surface area contributed by atoms with Crippen LogP contribution in [0.3, 0.4) is 0 Å². The van der Waals surface area contributed by atoms with Crippen LogP contribution in [0, 0.1) is 16.7 Å². The largest absolute Gasteiger partial charge is 0.338 e. The highest BCUT2D eigenvalue weighted by Crippen LogP contribution is 2.36. The van der Waals surface area contributed by atoms with Crippen molar-refractivity contribution in [1.29, 1.82) is 0 Å². The van der Waals surface area contributed by atoms with Crippen molar-refractivity contribution < 1.29 is 8.91 Å². The van der Waals surface area contributed by atoms with Crippen LogP contribution in [0.1, 0.15) is 23.6 Å². The lowest BCUT2D eigenvalue weighted by atomic mass is 10.1. The number of halogens is 1. The Labute approximate surface area is 174 Å². The Bertz CT molecular complexity index is 1170. The number of para-hydroxylation sites is 1. The van der Waals surface area contributed by atoms with E-state index in [0.29, 0.717) is 26.8 Å². The number of benzene rings is 2. The molecule has 5 nitrogen and oxygen atoms in total. The van der Waals surface area contributed by atoms with E-state index >= 15 is 0 Å². The lowest BCUT2D eigenvalue weighted by molar-refractivity contribution is 0.380. The minimum Gasteiger partial charge on any atom is -0.338 e. The van der Waals surface area contributed by atoms with Gasteiger partial charge in [0, 0.05) is 5.56 Å². The molecule has 0 spiro atoms. The average Bonchev–Trinajstić information content (AvgIpc) is 3.32. The summed E-state index contributed by atoms with van der Waals surface area (Å²) >= 11 is 8.35. The zero-order chi connectivity index (χ0) is 19.7. The van der Waals surface area contributed by atoms with Gasteiger partial charge >= 0.3 is 0 Å². The molecular formula is C19H15FN4OS3. The van der Waals surface area contributed by atoms with Crippen LogP contribution in [0.5, 0.6) is 0 Å². The lowest BCUT2D eigenvalue weighted by Gasteiger charge is -2.02. The summed E-state index contributed by atoms with van der Waals surface area (Å²) in [5.74, 6) is 0.523. The first-order valence-electron chi connectivity index (χ1n) is 8.43. The Morgan fingerprint density at radius 3 is 2.75 bits per heavy atom. The van der Waals surface area contributed by atoms with Crippen molar-refractivity contribution in [2.45, 2.75) is 23.4 Å². The molecule has 0 aliphatic rings. The normalized spacial score (nSPS) is 12.2. The number of hydrogen-bond acceptors (Lipinski definition) is 7. The molecule has 2 heterocycles. The zero-order valence-electron chi connectivity index (χ0n) is 15.0. The minimum absolute atomic E-state index is 0.124. The molecule has 0 amide bonds. The monoisotopic (exact) mass is 430 g/mol. The fourth-order valence-corrected chi connectivity index (χ4v) is 5.03. The van der Waals surface area contributed by atoms with Crippen LogP contribution in [0.15, 0.2) is 57.4 Å². The van der Waals surface area contributed by atoms with Crippen LogP contribution in [0.2, 0.25) is 0 Å². The van der Waals surface area contributed by atoms with Crippen molar-refractivity contribution in [2.75, 3.05) is 0 Å². The zero-order valence-corrected chi connectivity index (χ0v) is 17.4. The molecule has 4 aromatic rings. The first-order valence-corrected chi connectivity index (χ1v) is 10.5. The number of aryl methyl sites for hydroxylation is 1. The highest BCUT2D eigenvalue weighted by molar-refractivity contribution is 8.01. The number of nitrogens with zero attached hydrogens (tertiary/aromatic N) is 4. The number of thioether (sulfide) groups is 1. The van der Waals surface area contributed by atoms with Gasteiger partial charge in [-0.25, -0.2) is 9.07 Å². The summed E-state index contributed by atoms with van der Waals surface area (Å²) in [5, 5.41) is 8.44. The topological polar surface area (TPSA) is 56.7 Å². The molecule has 4 rings (SSSR count). The quantitative estimate of drug-likeness (QED) is 0.285. The molecule has 1 unspecified atom stereocenters. The van der Waals surface area contributed by atoms with E-state index in [1.807, 2.05) is 37.3 Å². The number of rotatable bonds is 5. The molecule has 0 saturated heterocycles.